The summed E-state index contributed by atoms with van der Waals surface area (Å²) in [5, 5.41) is 0. The van der Waals surface area contributed by atoms with Crippen molar-refractivity contribution in [1.29, 1.82) is 0 Å². The lowest BCUT2D eigenvalue weighted by Crippen LogP contribution is -1.96. The molecule has 12 heavy (non-hydrogen) atoms. The van der Waals surface area contributed by atoms with E-state index >= 15 is 0 Å². The zero-order valence-electron chi connectivity index (χ0n) is 6.88. The van der Waals surface area contributed by atoms with Crippen LogP contribution >= 0.6 is 15.9 Å². The highest BCUT2D eigenvalue weighted by atomic mass is 79.9. The molecule has 1 aromatic heterocycles. The van der Waals surface area contributed by atoms with Gasteiger partial charge in [0.1, 0.15) is 10.4 Å². The fourth-order valence-corrected chi connectivity index (χ4v) is 1.19. The molecule has 0 aromatic carbocycles. The molecule has 0 atom stereocenters. The van der Waals surface area contributed by atoms with Crippen LogP contribution in [0.4, 0.5) is 0 Å². The molecule has 1 aromatic rings. The van der Waals surface area contributed by atoms with Gasteiger partial charge in [-0.1, -0.05) is 0 Å². The molecule has 1 heterocycles. The van der Waals surface area contributed by atoms with Gasteiger partial charge in [0.25, 0.3) is 0 Å². The molecular formula is C9H10BrNO. The van der Waals surface area contributed by atoms with Crippen molar-refractivity contribution >= 4 is 15.9 Å². The summed E-state index contributed by atoms with van der Waals surface area (Å²) in [5.74, 6) is 0.887. The number of aryl methyl sites for hydroxylation is 1. The molecule has 0 saturated heterocycles. The maximum atomic E-state index is 5.58. The van der Waals surface area contributed by atoms with E-state index in [1.165, 1.54) is 12.8 Å². The topological polar surface area (TPSA) is 22.1 Å². The summed E-state index contributed by atoms with van der Waals surface area (Å²) in [6.07, 6.45) is 4.59. The van der Waals surface area contributed by atoms with E-state index < -0.39 is 0 Å². The number of ether oxygens (including phenoxy) is 1. The Hall–Kier alpha value is -0.570. The maximum absolute atomic E-state index is 5.58. The number of rotatable bonds is 2. The van der Waals surface area contributed by atoms with Gasteiger partial charge in [-0.25, -0.2) is 4.98 Å². The van der Waals surface area contributed by atoms with Crippen LogP contribution in [0.15, 0.2) is 16.9 Å². The van der Waals surface area contributed by atoms with Crippen molar-refractivity contribution < 1.29 is 4.74 Å². The summed E-state index contributed by atoms with van der Waals surface area (Å²) in [5.41, 5.74) is 1.12. The molecule has 1 aliphatic carbocycles. The number of nitrogens with zero attached hydrogens (tertiary/aromatic N) is 1. The first kappa shape index (κ1) is 8.05. The standard InChI is InChI=1S/C9H10BrNO/c1-6-4-8(5-11-9(6)10)12-7-2-3-7/h4-5,7H,2-3H2,1H3. The van der Waals surface area contributed by atoms with Gasteiger partial charge in [-0.2, -0.15) is 0 Å². The molecule has 0 amide bonds. The lowest BCUT2D eigenvalue weighted by molar-refractivity contribution is 0.301. The summed E-state index contributed by atoms with van der Waals surface area (Å²) >= 11 is 3.34. The molecule has 1 saturated carbocycles. The Labute approximate surface area is 80.1 Å². The highest BCUT2D eigenvalue weighted by molar-refractivity contribution is 9.10. The minimum atomic E-state index is 0.451. The fraction of sp³-hybridized carbons (Fsp3) is 0.444. The molecule has 64 valence electrons. The molecule has 2 rings (SSSR count). The third-order valence-electron chi connectivity index (χ3n) is 1.82. The van der Waals surface area contributed by atoms with Crippen LogP contribution in [0.1, 0.15) is 18.4 Å². The minimum absolute atomic E-state index is 0.451. The van der Waals surface area contributed by atoms with E-state index in [1.54, 1.807) is 6.20 Å². The van der Waals surface area contributed by atoms with Gasteiger partial charge >= 0.3 is 0 Å². The van der Waals surface area contributed by atoms with Crippen molar-refractivity contribution in [3.63, 3.8) is 0 Å². The number of aromatic nitrogens is 1. The van der Waals surface area contributed by atoms with Crippen molar-refractivity contribution in [3.8, 4) is 5.75 Å². The summed E-state index contributed by atoms with van der Waals surface area (Å²) in [4.78, 5) is 4.15. The van der Waals surface area contributed by atoms with Crippen LogP contribution in [-0.4, -0.2) is 11.1 Å². The Morgan fingerprint density at radius 3 is 2.92 bits per heavy atom. The smallest absolute Gasteiger partial charge is 0.138 e. The molecule has 0 radical (unpaired) electrons. The Balaban J connectivity index is 2.15. The van der Waals surface area contributed by atoms with Crippen LogP contribution in [0.2, 0.25) is 0 Å². The van der Waals surface area contributed by atoms with Gasteiger partial charge in [0.05, 0.1) is 12.3 Å². The summed E-state index contributed by atoms with van der Waals surface area (Å²) in [6.45, 7) is 2.01. The summed E-state index contributed by atoms with van der Waals surface area (Å²) in [7, 11) is 0. The third-order valence-corrected chi connectivity index (χ3v) is 2.65. The largest absolute Gasteiger partial charge is 0.489 e. The highest BCUT2D eigenvalue weighted by Gasteiger charge is 2.23. The first-order valence-electron chi connectivity index (χ1n) is 4.04. The van der Waals surface area contributed by atoms with Crippen molar-refractivity contribution in [1.82, 2.24) is 4.98 Å². The van der Waals surface area contributed by atoms with E-state index in [1.807, 2.05) is 13.0 Å². The molecule has 0 spiro atoms. The van der Waals surface area contributed by atoms with E-state index in [2.05, 4.69) is 20.9 Å². The molecule has 0 bridgehead atoms. The van der Waals surface area contributed by atoms with E-state index in [-0.39, 0.29) is 0 Å². The second kappa shape index (κ2) is 3.05. The maximum Gasteiger partial charge on any atom is 0.138 e. The Morgan fingerprint density at radius 2 is 2.33 bits per heavy atom. The number of pyridine rings is 1. The SMILES string of the molecule is Cc1cc(OC2CC2)cnc1Br. The monoisotopic (exact) mass is 227 g/mol. The fourth-order valence-electron chi connectivity index (χ4n) is 0.975. The van der Waals surface area contributed by atoms with E-state index in [9.17, 15) is 0 Å². The van der Waals surface area contributed by atoms with Gasteiger partial charge in [-0.05, 0) is 47.3 Å². The average molecular weight is 228 g/mol. The Kier molecular flexibility index (Phi) is 2.05. The summed E-state index contributed by atoms with van der Waals surface area (Å²) in [6, 6.07) is 2.01. The zero-order valence-corrected chi connectivity index (χ0v) is 8.47. The predicted octanol–water partition coefficient (Wildman–Crippen LogP) is 2.69. The van der Waals surface area contributed by atoms with Crippen molar-refractivity contribution in [2.75, 3.05) is 0 Å². The van der Waals surface area contributed by atoms with Gasteiger partial charge in [-0.3, -0.25) is 0 Å². The zero-order chi connectivity index (χ0) is 8.55. The quantitative estimate of drug-likeness (QED) is 0.726. The van der Waals surface area contributed by atoms with Crippen molar-refractivity contribution in [2.24, 2.45) is 0 Å². The van der Waals surface area contributed by atoms with Crippen LogP contribution in [-0.2, 0) is 0 Å². The molecule has 0 unspecified atom stereocenters. The molecule has 0 N–H and O–H groups in total. The lowest BCUT2D eigenvalue weighted by atomic mass is 10.3. The van der Waals surface area contributed by atoms with Crippen molar-refractivity contribution in [3.05, 3.63) is 22.4 Å². The molecule has 3 heteroatoms. The van der Waals surface area contributed by atoms with Crippen LogP contribution in [0.25, 0.3) is 0 Å². The molecule has 0 aliphatic heterocycles. The molecule has 2 nitrogen and oxygen atoms in total. The van der Waals surface area contributed by atoms with E-state index in [0.717, 1.165) is 15.9 Å². The van der Waals surface area contributed by atoms with Crippen LogP contribution in [0.5, 0.6) is 5.75 Å². The number of hydrogen-bond donors (Lipinski definition) is 0. The van der Waals surface area contributed by atoms with Gasteiger partial charge < -0.3 is 4.74 Å². The number of halogens is 1. The Morgan fingerprint density at radius 1 is 1.58 bits per heavy atom. The van der Waals surface area contributed by atoms with Crippen LogP contribution < -0.4 is 4.74 Å². The second-order valence-electron chi connectivity index (χ2n) is 3.10. The highest BCUT2D eigenvalue weighted by Crippen LogP contribution is 2.27. The van der Waals surface area contributed by atoms with Crippen LogP contribution in [0.3, 0.4) is 0 Å². The minimum Gasteiger partial charge on any atom is -0.489 e. The Bertz CT molecular complexity index is 297. The molecule has 1 aliphatic rings. The van der Waals surface area contributed by atoms with Gasteiger partial charge in [-0.15, -0.1) is 0 Å². The van der Waals surface area contributed by atoms with Gasteiger partial charge in [0, 0.05) is 0 Å². The predicted molar refractivity (Wildman–Crippen MR) is 50.3 cm³/mol. The number of hydrogen-bond acceptors (Lipinski definition) is 2. The second-order valence-corrected chi connectivity index (χ2v) is 3.85. The van der Waals surface area contributed by atoms with Gasteiger partial charge in [0.15, 0.2) is 0 Å². The summed E-state index contributed by atoms with van der Waals surface area (Å²) < 4.78 is 6.47. The van der Waals surface area contributed by atoms with Crippen LogP contribution in [0, 0.1) is 6.92 Å². The first-order valence-corrected chi connectivity index (χ1v) is 4.84. The first-order chi connectivity index (χ1) is 5.75. The molecule has 1 fully saturated rings. The van der Waals surface area contributed by atoms with E-state index in [4.69, 9.17) is 4.74 Å². The normalized spacial score (nSPS) is 16.2. The third kappa shape index (κ3) is 1.78. The van der Waals surface area contributed by atoms with Crippen molar-refractivity contribution in [2.45, 2.75) is 25.9 Å². The molecular weight excluding hydrogens is 218 g/mol. The lowest BCUT2D eigenvalue weighted by Gasteiger charge is -2.04. The van der Waals surface area contributed by atoms with Gasteiger partial charge in [0.2, 0.25) is 0 Å². The average Bonchev–Trinajstić information content (AvgIpc) is 2.81. The van der Waals surface area contributed by atoms with E-state index in [0.29, 0.717) is 6.10 Å².